The Hall–Kier alpha value is -0.590. The van der Waals surface area contributed by atoms with E-state index in [0.29, 0.717) is 0 Å². The minimum atomic E-state index is -2.40. The number of carboxylic acid groups (broad SMARTS) is 2. The number of aliphatic carboxylic acids is 2. The Kier molecular flexibility index (Phi) is 7.71. The predicted octanol–water partition coefficient (Wildman–Crippen LogP) is -3.41. The number of rotatable bonds is 4. The summed E-state index contributed by atoms with van der Waals surface area (Å²) in [5, 5.41) is 20.1. The molecule has 0 amide bonds. The Morgan fingerprint density at radius 1 is 1.21 bits per heavy atom. The molecule has 0 radical (unpaired) electrons. The van der Waals surface area contributed by atoms with Gasteiger partial charge in [-0.15, -0.1) is 0 Å². The molecule has 14 heavy (non-hydrogen) atoms. The summed E-state index contributed by atoms with van der Waals surface area (Å²) in [5.74, 6) is -5.22. The maximum absolute atomic E-state index is 10.7. The molecule has 0 aromatic carbocycles. The second-order valence-corrected chi connectivity index (χ2v) is 2.20. The van der Waals surface area contributed by atoms with Crippen molar-refractivity contribution in [1.29, 1.82) is 0 Å². The van der Waals surface area contributed by atoms with Crippen LogP contribution in [0.2, 0.25) is 0 Å². The van der Waals surface area contributed by atoms with Crippen molar-refractivity contribution < 1.29 is 29.3 Å². The second-order valence-electron chi connectivity index (χ2n) is 2.20. The van der Waals surface area contributed by atoms with E-state index in [1.54, 1.807) is 0 Å². The van der Waals surface area contributed by atoms with Crippen LogP contribution in [-0.2, 0) is 19.1 Å². The number of carboxylic acids is 2. The Bertz CT molecular complexity index is 257. The van der Waals surface area contributed by atoms with Gasteiger partial charge < -0.3 is 24.5 Å². The maximum atomic E-state index is 10.7. The summed E-state index contributed by atoms with van der Waals surface area (Å²) < 4.78 is 3.97. The third kappa shape index (κ3) is 5.21. The van der Waals surface area contributed by atoms with Crippen LogP contribution in [0.4, 0.5) is 0 Å². The molecule has 0 spiro atoms. The van der Waals surface area contributed by atoms with Gasteiger partial charge in [0.15, 0.2) is 6.10 Å². The number of ether oxygens (including phenoxy) is 1. The normalized spacial score (nSPS) is 8.71. The molecule has 0 N–H and O–H groups in total. The Labute approximate surface area is 110 Å². The van der Waals surface area contributed by atoms with E-state index in [1.807, 2.05) is 0 Å². The summed E-state index contributed by atoms with van der Waals surface area (Å²) >= 11 is 0. The number of hydrogen-bond acceptors (Lipinski definition) is 6. The van der Waals surface area contributed by atoms with Crippen molar-refractivity contribution >= 4 is 55.6 Å². The molecule has 0 aliphatic heterocycles. The summed E-state index contributed by atoms with van der Waals surface area (Å²) in [6.45, 7) is 4.37. The molecule has 7 heteroatoms. The third-order valence-electron chi connectivity index (χ3n) is 1.00. The number of carbonyl (C=O) groups excluding carboxylic acids is 3. The standard InChI is InChI=1S/C7H8O6.Ca/c1-3(2)7(12)13-4(5(8)9)6(10)11;/h4H,1H2,2H3,(H,8,9)(H,10,11);/q;+2/p-2. The van der Waals surface area contributed by atoms with Crippen LogP contribution < -0.4 is 10.2 Å². The van der Waals surface area contributed by atoms with E-state index >= 15 is 0 Å². The average molecular weight is 226 g/mol. The van der Waals surface area contributed by atoms with Crippen molar-refractivity contribution in [2.45, 2.75) is 13.0 Å². The van der Waals surface area contributed by atoms with Crippen molar-refractivity contribution in [2.24, 2.45) is 0 Å². The topological polar surface area (TPSA) is 107 Å². The van der Waals surface area contributed by atoms with E-state index in [9.17, 15) is 24.6 Å². The molecule has 72 valence electrons. The molecule has 0 aromatic heterocycles. The van der Waals surface area contributed by atoms with Gasteiger partial charge in [-0.3, -0.25) is 0 Å². The van der Waals surface area contributed by atoms with Gasteiger partial charge in [0.2, 0.25) is 0 Å². The summed E-state index contributed by atoms with van der Waals surface area (Å²) in [5.41, 5.74) is -0.118. The van der Waals surface area contributed by atoms with Crippen molar-refractivity contribution in [1.82, 2.24) is 0 Å². The van der Waals surface area contributed by atoms with Crippen molar-refractivity contribution in [3.63, 3.8) is 0 Å². The molecule has 0 bridgehead atoms. The monoisotopic (exact) mass is 226 g/mol. The molecule has 0 atom stereocenters. The fourth-order valence-electron chi connectivity index (χ4n) is 0.400. The van der Waals surface area contributed by atoms with Crippen molar-refractivity contribution in [3.05, 3.63) is 12.2 Å². The molecule has 0 aliphatic rings. The average Bonchev–Trinajstić information content (AvgIpc) is 1.97. The van der Waals surface area contributed by atoms with Gasteiger partial charge in [0.05, 0.1) is 11.9 Å². The molecule has 0 rings (SSSR count). The zero-order chi connectivity index (χ0) is 10.6. The van der Waals surface area contributed by atoms with Gasteiger partial charge in [0, 0.05) is 5.57 Å². The first-order valence-electron chi connectivity index (χ1n) is 3.14. The fourth-order valence-corrected chi connectivity index (χ4v) is 0.400. The quantitative estimate of drug-likeness (QED) is 0.214. The summed E-state index contributed by atoms with van der Waals surface area (Å²) in [6, 6.07) is 0. The molecular weight excluding hydrogens is 220 g/mol. The van der Waals surface area contributed by atoms with Crippen LogP contribution in [-0.4, -0.2) is 61.8 Å². The van der Waals surface area contributed by atoms with E-state index in [-0.39, 0.29) is 43.3 Å². The van der Waals surface area contributed by atoms with Crippen LogP contribution in [0.1, 0.15) is 6.92 Å². The number of hydrogen-bond donors (Lipinski definition) is 0. The summed E-state index contributed by atoms with van der Waals surface area (Å²) in [7, 11) is 0. The van der Waals surface area contributed by atoms with Crippen molar-refractivity contribution in [2.75, 3.05) is 0 Å². The minimum absolute atomic E-state index is 0. The van der Waals surface area contributed by atoms with Gasteiger partial charge in [-0.05, 0) is 6.92 Å². The largest absolute Gasteiger partial charge is 2.00 e. The van der Waals surface area contributed by atoms with Crippen LogP contribution in [0.5, 0.6) is 0 Å². The van der Waals surface area contributed by atoms with Gasteiger partial charge in [-0.2, -0.15) is 0 Å². The van der Waals surface area contributed by atoms with Crippen LogP contribution >= 0.6 is 0 Å². The SMILES string of the molecule is C=C(C)C(=O)OC(C(=O)[O-])C(=O)[O-].[Ca+2]. The molecular formula is C7H6CaO6. The van der Waals surface area contributed by atoms with Gasteiger partial charge in [0.1, 0.15) is 0 Å². The van der Waals surface area contributed by atoms with E-state index in [0.717, 1.165) is 0 Å². The van der Waals surface area contributed by atoms with Gasteiger partial charge in [-0.25, -0.2) is 4.79 Å². The molecule has 0 saturated heterocycles. The Balaban J connectivity index is 0. The molecule has 6 nitrogen and oxygen atoms in total. The first-order valence-corrected chi connectivity index (χ1v) is 3.14. The van der Waals surface area contributed by atoms with Crippen LogP contribution in [0, 0.1) is 0 Å². The van der Waals surface area contributed by atoms with Gasteiger partial charge in [0.25, 0.3) is 0 Å². The van der Waals surface area contributed by atoms with E-state index in [4.69, 9.17) is 0 Å². The van der Waals surface area contributed by atoms with Crippen LogP contribution in [0.25, 0.3) is 0 Å². The van der Waals surface area contributed by atoms with Crippen LogP contribution in [0.3, 0.4) is 0 Å². The van der Waals surface area contributed by atoms with Gasteiger partial charge in [-0.1, -0.05) is 6.58 Å². The molecule has 0 fully saturated rings. The van der Waals surface area contributed by atoms with E-state index < -0.39 is 24.0 Å². The number of carbonyl (C=O) groups is 3. The van der Waals surface area contributed by atoms with E-state index in [1.165, 1.54) is 6.92 Å². The predicted molar refractivity (Wildman–Crippen MR) is 40.5 cm³/mol. The van der Waals surface area contributed by atoms with Gasteiger partial charge >= 0.3 is 43.7 Å². The molecule has 0 saturated carbocycles. The summed E-state index contributed by atoms with van der Waals surface area (Å²) in [4.78, 5) is 30.8. The molecule has 0 aliphatic carbocycles. The molecule has 0 unspecified atom stereocenters. The maximum Gasteiger partial charge on any atom is 2.00 e. The molecule has 0 aromatic rings. The fraction of sp³-hybridized carbons (Fsp3) is 0.286. The Morgan fingerprint density at radius 2 is 1.57 bits per heavy atom. The smallest absolute Gasteiger partial charge is 0.546 e. The zero-order valence-corrected chi connectivity index (χ0v) is 9.65. The van der Waals surface area contributed by atoms with Crippen molar-refractivity contribution in [3.8, 4) is 0 Å². The first kappa shape index (κ1) is 15.9. The molecule has 0 heterocycles. The zero-order valence-electron chi connectivity index (χ0n) is 7.44. The summed E-state index contributed by atoms with van der Waals surface area (Å²) in [6.07, 6.45) is -2.40. The third-order valence-corrected chi connectivity index (χ3v) is 1.00. The van der Waals surface area contributed by atoms with Crippen LogP contribution in [0.15, 0.2) is 12.2 Å². The number of esters is 1. The Morgan fingerprint density at radius 3 is 1.79 bits per heavy atom. The minimum Gasteiger partial charge on any atom is -0.546 e. The first-order chi connectivity index (χ1) is 5.86. The van der Waals surface area contributed by atoms with E-state index in [2.05, 4.69) is 11.3 Å². The second kappa shape index (κ2) is 6.80.